The van der Waals surface area contributed by atoms with Crippen molar-refractivity contribution in [3.63, 3.8) is 0 Å². The molecule has 174 valence electrons. The van der Waals surface area contributed by atoms with E-state index in [0.29, 0.717) is 42.3 Å². The number of ketones is 1. The molecule has 0 spiro atoms. The van der Waals surface area contributed by atoms with E-state index >= 15 is 0 Å². The molecule has 0 aromatic heterocycles. The zero-order chi connectivity index (χ0) is 24.1. The van der Waals surface area contributed by atoms with Crippen LogP contribution in [0.3, 0.4) is 0 Å². The SMILES string of the molecule is C=CCOc1ccc(C2/C(=C(\O)c3ccc(OC)cc3C)C(=O)C(=O)N2CCN(C)C)cc1. The summed E-state index contributed by atoms with van der Waals surface area (Å²) in [6.07, 6.45) is 1.65. The second-order valence-electron chi connectivity index (χ2n) is 8.15. The van der Waals surface area contributed by atoms with E-state index in [1.54, 1.807) is 43.5 Å². The Bertz CT molecular complexity index is 1070. The molecule has 0 radical (unpaired) electrons. The molecule has 7 heteroatoms. The lowest BCUT2D eigenvalue weighted by atomic mass is 9.94. The van der Waals surface area contributed by atoms with E-state index in [4.69, 9.17) is 9.47 Å². The first-order valence-electron chi connectivity index (χ1n) is 10.7. The molecule has 1 N–H and O–H groups in total. The number of Topliss-reactive ketones (excluding diaryl/α,β-unsaturated/α-hetero) is 1. The van der Waals surface area contributed by atoms with Gasteiger partial charge < -0.3 is 24.4 Å². The van der Waals surface area contributed by atoms with Gasteiger partial charge >= 0.3 is 0 Å². The van der Waals surface area contributed by atoms with Gasteiger partial charge in [-0.25, -0.2) is 0 Å². The average Bonchev–Trinajstić information content (AvgIpc) is 3.06. The maximum atomic E-state index is 13.1. The number of hydrogen-bond acceptors (Lipinski definition) is 6. The molecule has 1 amide bonds. The molecule has 1 saturated heterocycles. The standard InChI is InChI=1S/C26H30N2O5/c1-6-15-33-19-9-7-18(8-10-19)23-22(25(30)26(31)28(23)14-13-27(3)4)24(29)21-12-11-20(32-5)16-17(21)2/h6-12,16,23,29H,1,13-15H2,2-5H3/b24-22+. The summed E-state index contributed by atoms with van der Waals surface area (Å²) < 4.78 is 10.8. The summed E-state index contributed by atoms with van der Waals surface area (Å²) in [5.41, 5.74) is 2.01. The number of carbonyl (C=O) groups is 2. The van der Waals surface area contributed by atoms with E-state index in [-0.39, 0.29) is 11.3 Å². The number of methoxy groups -OCH3 is 1. The molecule has 3 rings (SSSR count). The molecule has 0 saturated carbocycles. The first kappa shape index (κ1) is 24.1. The molecule has 33 heavy (non-hydrogen) atoms. The number of aryl methyl sites for hydroxylation is 1. The Labute approximate surface area is 194 Å². The van der Waals surface area contributed by atoms with Crippen molar-refractivity contribution in [3.05, 3.63) is 77.4 Å². The molecule has 1 atom stereocenters. The third-order valence-corrected chi connectivity index (χ3v) is 5.58. The summed E-state index contributed by atoms with van der Waals surface area (Å²) in [5.74, 6) is -0.227. The fraction of sp³-hybridized carbons (Fsp3) is 0.308. The fourth-order valence-corrected chi connectivity index (χ4v) is 3.84. The zero-order valence-corrected chi connectivity index (χ0v) is 19.5. The molecule has 2 aromatic carbocycles. The molecule has 1 aliphatic rings. The van der Waals surface area contributed by atoms with Gasteiger partial charge in [0, 0.05) is 18.7 Å². The van der Waals surface area contributed by atoms with Crippen LogP contribution >= 0.6 is 0 Å². The number of likely N-dealkylation sites (N-methyl/N-ethyl adjacent to an activating group) is 1. The summed E-state index contributed by atoms with van der Waals surface area (Å²) in [6.45, 7) is 6.75. The van der Waals surface area contributed by atoms with Crippen LogP contribution in [0.1, 0.15) is 22.7 Å². The molecule has 1 unspecified atom stereocenters. The number of nitrogens with zero attached hydrogens (tertiary/aromatic N) is 2. The topological polar surface area (TPSA) is 79.3 Å². The van der Waals surface area contributed by atoms with Crippen LogP contribution in [0.25, 0.3) is 5.76 Å². The molecule has 1 heterocycles. The largest absolute Gasteiger partial charge is 0.507 e. The highest BCUT2D eigenvalue weighted by molar-refractivity contribution is 6.46. The van der Waals surface area contributed by atoms with Crippen LogP contribution < -0.4 is 9.47 Å². The molecule has 7 nitrogen and oxygen atoms in total. The number of likely N-dealkylation sites (tertiary alicyclic amines) is 1. The van der Waals surface area contributed by atoms with E-state index in [2.05, 4.69) is 6.58 Å². The Morgan fingerprint density at radius 3 is 2.39 bits per heavy atom. The van der Waals surface area contributed by atoms with Gasteiger partial charge in [-0.05, 0) is 62.5 Å². The van der Waals surface area contributed by atoms with E-state index in [1.807, 2.05) is 38.1 Å². The van der Waals surface area contributed by atoms with Gasteiger partial charge in [0.15, 0.2) is 0 Å². The number of amides is 1. The smallest absolute Gasteiger partial charge is 0.295 e. The van der Waals surface area contributed by atoms with Crippen molar-refractivity contribution in [3.8, 4) is 11.5 Å². The van der Waals surface area contributed by atoms with Crippen LogP contribution in [0.4, 0.5) is 0 Å². The van der Waals surface area contributed by atoms with E-state index in [9.17, 15) is 14.7 Å². The Hall–Kier alpha value is -3.58. The second-order valence-corrected chi connectivity index (χ2v) is 8.15. The predicted molar refractivity (Wildman–Crippen MR) is 127 cm³/mol. The predicted octanol–water partition coefficient (Wildman–Crippen LogP) is 3.55. The summed E-state index contributed by atoms with van der Waals surface area (Å²) in [5, 5.41) is 11.2. The third-order valence-electron chi connectivity index (χ3n) is 5.58. The lowest BCUT2D eigenvalue weighted by Crippen LogP contribution is -2.35. The highest BCUT2D eigenvalue weighted by atomic mass is 16.5. The maximum Gasteiger partial charge on any atom is 0.295 e. The normalized spacial score (nSPS) is 17.5. The van der Waals surface area contributed by atoms with E-state index in [0.717, 1.165) is 5.56 Å². The highest BCUT2D eigenvalue weighted by Gasteiger charge is 2.46. The van der Waals surface area contributed by atoms with Gasteiger partial charge in [0.05, 0.1) is 18.7 Å². The van der Waals surface area contributed by atoms with Gasteiger partial charge in [-0.2, -0.15) is 0 Å². The van der Waals surface area contributed by atoms with Crippen LogP contribution in [-0.2, 0) is 9.59 Å². The minimum atomic E-state index is -0.708. The van der Waals surface area contributed by atoms with Crippen LogP contribution in [0.2, 0.25) is 0 Å². The number of rotatable bonds is 9. The van der Waals surface area contributed by atoms with Gasteiger partial charge in [-0.15, -0.1) is 0 Å². The lowest BCUT2D eigenvalue weighted by molar-refractivity contribution is -0.140. The Balaban J connectivity index is 2.11. The maximum absolute atomic E-state index is 13.1. The number of ether oxygens (including phenoxy) is 2. The van der Waals surface area contributed by atoms with Crippen LogP contribution in [0.15, 0.2) is 60.7 Å². The minimum Gasteiger partial charge on any atom is -0.507 e. The van der Waals surface area contributed by atoms with Crippen LogP contribution in [0.5, 0.6) is 11.5 Å². The molecular formula is C26H30N2O5. The van der Waals surface area contributed by atoms with Crippen molar-refractivity contribution in [1.29, 1.82) is 0 Å². The second kappa shape index (κ2) is 10.4. The quantitative estimate of drug-likeness (QED) is 0.272. The van der Waals surface area contributed by atoms with Crippen molar-refractivity contribution >= 4 is 17.4 Å². The van der Waals surface area contributed by atoms with Crippen molar-refractivity contribution in [1.82, 2.24) is 9.80 Å². The van der Waals surface area contributed by atoms with Crippen LogP contribution in [0, 0.1) is 6.92 Å². The minimum absolute atomic E-state index is 0.0757. The van der Waals surface area contributed by atoms with Gasteiger partial charge in [0.2, 0.25) is 0 Å². The molecular weight excluding hydrogens is 420 g/mol. The van der Waals surface area contributed by atoms with Crippen molar-refractivity contribution in [2.75, 3.05) is 40.9 Å². The lowest BCUT2D eigenvalue weighted by Gasteiger charge is -2.26. The molecule has 2 aromatic rings. The first-order chi connectivity index (χ1) is 15.8. The molecule has 1 fully saturated rings. The highest BCUT2D eigenvalue weighted by Crippen LogP contribution is 2.40. The average molecular weight is 451 g/mol. The third kappa shape index (κ3) is 5.09. The Morgan fingerprint density at radius 2 is 1.82 bits per heavy atom. The van der Waals surface area contributed by atoms with E-state index < -0.39 is 17.7 Å². The monoisotopic (exact) mass is 450 g/mol. The van der Waals surface area contributed by atoms with E-state index in [1.165, 1.54) is 4.90 Å². The summed E-state index contributed by atoms with van der Waals surface area (Å²) in [4.78, 5) is 29.6. The number of aliphatic hydroxyl groups is 1. The number of benzene rings is 2. The summed E-state index contributed by atoms with van der Waals surface area (Å²) in [7, 11) is 5.36. The van der Waals surface area contributed by atoms with Gasteiger partial charge in [-0.1, -0.05) is 24.8 Å². The fourth-order valence-electron chi connectivity index (χ4n) is 3.84. The summed E-state index contributed by atoms with van der Waals surface area (Å²) in [6, 6.07) is 11.7. The van der Waals surface area contributed by atoms with Crippen LogP contribution in [-0.4, -0.2) is 67.5 Å². The zero-order valence-electron chi connectivity index (χ0n) is 19.5. The van der Waals surface area contributed by atoms with Gasteiger partial charge in [-0.3, -0.25) is 9.59 Å². The van der Waals surface area contributed by atoms with Crippen molar-refractivity contribution in [2.45, 2.75) is 13.0 Å². The first-order valence-corrected chi connectivity index (χ1v) is 10.7. The molecule has 1 aliphatic heterocycles. The van der Waals surface area contributed by atoms with Crippen molar-refractivity contribution in [2.24, 2.45) is 0 Å². The van der Waals surface area contributed by atoms with Gasteiger partial charge in [0.25, 0.3) is 11.7 Å². The number of hydrogen-bond donors (Lipinski definition) is 1. The van der Waals surface area contributed by atoms with Crippen molar-refractivity contribution < 1.29 is 24.2 Å². The Morgan fingerprint density at radius 1 is 1.15 bits per heavy atom. The number of carbonyl (C=O) groups excluding carboxylic acids is 2. The Kier molecular flexibility index (Phi) is 7.55. The number of aliphatic hydroxyl groups excluding tert-OH is 1. The summed E-state index contributed by atoms with van der Waals surface area (Å²) >= 11 is 0. The van der Waals surface area contributed by atoms with Gasteiger partial charge in [0.1, 0.15) is 23.9 Å². The molecule has 0 aliphatic carbocycles. The molecule has 0 bridgehead atoms.